The number of para-hydroxylation sites is 2. The SMILES string of the molecule is Cc1occc1-c1nnc(SCC(=O)NC(=O)[C@H]2COc3ccccc3O2)o1. The first-order valence-corrected chi connectivity index (χ1v) is 9.31. The molecule has 10 heteroatoms. The van der Waals surface area contributed by atoms with Gasteiger partial charge >= 0.3 is 0 Å². The lowest BCUT2D eigenvalue weighted by Crippen LogP contribution is -2.46. The van der Waals surface area contributed by atoms with Gasteiger partial charge in [0.1, 0.15) is 12.4 Å². The molecular weight excluding hydrogens is 386 g/mol. The number of amides is 2. The van der Waals surface area contributed by atoms with Gasteiger partial charge in [0, 0.05) is 0 Å². The molecule has 1 atom stereocenters. The van der Waals surface area contributed by atoms with E-state index in [2.05, 4.69) is 15.5 Å². The van der Waals surface area contributed by atoms with Crippen molar-refractivity contribution in [1.29, 1.82) is 0 Å². The number of nitrogens with zero attached hydrogens (tertiary/aromatic N) is 2. The molecule has 3 aromatic rings. The van der Waals surface area contributed by atoms with Gasteiger partial charge in [-0.25, -0.2) is 0 Å². The van der Waals surface area contributed by atoms with Crippen LogP contribution in [0.25, 0.3) is 11.5 Å². The Labute approximate surface area is 163 Å². The minimum Gasteiger partial charge on any atom is -0.485 e. The number of imide groups is 1. The van der Waals surface area contributed by atoms with Crippen LogP contribution in [0.15, 0.2) is 50.7 Å². The van der Waals surface area contributed by atoms with Crippen LogP contribution in [0.4, 0.5) is 0 Å². The van der Waals surface area contributed by atoms with Crippen LogP contribution in [0, 0.1) is 6.92 Å². The Morgan fingerprint density at radius 2 is 2.04 bits per heavy atom. The predicted molar refractivity (Wildman–Crippen MR) is 97.0 cm³/mol. The van der Waals surface area contributed by atoms with Crippen LogP contribution < -0.4 is 14.8 Å². The third kappa shape index (κ3) is 3.86. The maximum Gasteiger partial charge on any atom is 0.277 e. The van der Waals surface area contributed by atoms with Crippen LogP contribution in [0.3, 0.4) is 0 Å². The quantitative estimate of drug-likeness (QED) is 0.642. The largest absolute Gasteiger partial charge is 0.485 e. The summed E-state index contributed by atoms with van der Waals surface area (Å²) in [6, 6.07) is 8.73. The Bertz CT molecular complexity index is 1010. The van der Waals surface area contributed by atoms with Gasteiger partial charge in [-0.2, -0.15) is 0 Å². The van der Waals surface area contributed by atoms with E-state index in [-0.39, 0.29) is 17.6 Å². The van der Waals surface area contributed by atoms with Crippen LogP contribution in [0.1, 0.15) is 5.76 Å². The lowest BCUT2D eigenvalue weighted by molar-refractivity contribution is -0.135. The molecular formula is C18H15N3O6S. The van der Waals surface area contributed by atoms with Crippen molar-refractivity contribution in [3.05, 3.63) is 42.4 Å². The number of fused-ring (bicyclic) bond motifs is 1. The van der Waals surface area contributed by atoms with Gasteiger partial charge in [-0.05, 0) is 25.1 Å². The lowest BCUT2D eigenvalue weighted by atomic mass is 10.2. The Morgan fingerprint density at radius 3 is 2.82 bits per heavy atom. The Balaban J connectivity index is 1.29. The number of hydrogen-bond acceptors (Lipinski definition) is 9. The molecule has 28 heavy (non-hydrogen) atoms. The minimum atomic E-state index is -0.900. The third-order valence-corrected chi connectivity index (χ3v) is 4.70. The van der Waals surface area contributed by atoms with Gasteiger partial charge in [0.05, 0.1) is 17.6 Å². The van der Waals surface area contributed by atoms with Crippen molar-refractivity contribution in [3.63, 3.8) is 0 Å². The molecule has 1 aliphatic heterocycles. The van der Waals surface area contributed by atoms with E-state index in [1.54, 1.807) is 37.3 Å². The monoisotopic (exact) mass is 401 g/mol. The average Bonchev–Trinajstić information content (AvgIpc) is 3.34. The minimum absolute atomic E-state index is 0.0281. The summed E-state index contributed by atoms with van der Waals surface area (Å²) in [5.41, 5.74) is 0.689. The molecule has 2 aromatic heterocycles. The molecule has 0 saturated carbocycles. The smallest absolute Gasteiger partial charge is 0.277 e. The third-order valence-electron chi connectivity index (χ3n) is 3.89. The second kappa shape index (κ2) is 7.77. The number of aryl methyl sites for hydroxylation is 1. The van der Waals surface area contributed by atoms with Gasteiger partial charge in [-0.1, -0.05) is 23.9 Å². The highest BCUT2D eigenvalue weighted by Crippen LogP contribution is 2.31. The highest BCUT2D eigenvalue weighted by Gasteiger charge is 2.28. The van der Waals surface area contributed by atoms with Gasteiger partial charge in [0.15, 0.2) is 11.5 Å². The summed E-state index contributed by atoms with van der Waals surface area (Å²) in [6.07, 6.45) is 0.624. The summed E-state index contributed by atoms with van der Waals surface area (Å²) in [5, 5.41) is 10.3. The molecule has 3 heterocycles. The highest BCUT2D eigenvalue weighted by atomic mass is 32.2. The summed E-state index contributed by atoms with van der Waals surface area (Å²) in [6.45, 7) is 1.81. The van der Waals surface area contributed by atoms with E-state index in [4.69, 9.17) is 18.3 Å². The van der Waals surface area contributed by atoms with E-state index < -0.39 is 17.9 Å². The van der Waals surface area contributed by atoms with Crippen LogP contribution in [0.5, 0.6) is 11.5 Å². The number of benzene rings is 1. The van der Waals surface area contributed by atoms with E-state index in [1.165, 1.54) is 6.26 Å². The molecule has 2 amide bonds. The number of hydrogen-bond donors (Lipinski definition) is 1. The fraction of sp³-hybridized carbons (Fsp3) is 0.222. The van der Waals surface area contributed by atoms with Crippen LogP contribution in [0.2, 0.25) is 0 Å². The topological polar surface area (TPSA) is 117 Å². The molecule has 0 unspecified atom stereocenters. The van der Waals surface area contributed by atoms with Crippen molar-refractivity contribution in [2.45, 2.75) is 18.3 Å². The molecule has 0 saturated heterocycles. The highest BCUT2D eigenvalue weighted by molar-refractivity contribution is 7.99. The molecule has 144 valence electrons. The van der Waals surface area contributed by atoms with E-state index in [9.17, 15) is 9.59 Å². The van der Waals surface area contributed by atoms with Crippen molar-refractivity contribution in [2.24, 2.45) is 0 Å². The molecule has 0 radical (unpaired) electrons. The standard InChI is InChI=1S/C18H15N3O6S/c1-10-11(6-7-24-10)17-20-21-18(27-17)28-9-15(22)19-16(23)14-8-25-12-4-2-3-5-13(12)26-14/h2-7,14H,8-9H2,1H3,(H,19,22,23)/t14-/m1/s1. The van der Waals surface area contributed by atoms with Crippen molar-refractivity contribution >= 4 is 23.6 Å². The van der Waals surface area contributed by atoms with E-state index >= 15 is 0 Å². The number of thioether (sulfide) groups is 1. The number of aromatic nitrogens is 2. The number of carbonyl (C=O) groups is 2. The van der Waals surface area contributed by atoms with Crippen molar-refractivity contribution in [2.75, 3.05) is 12.4 Å². The summed E-state index contributed by atoms with van der Waals surface area (Å²) in [7, 11) is 0. The number of furan rings is 1. The van der Waals surface area contributed by atoms with Gasteiger partial charge in [-0.15, -0.1) is 10.2 Å². The molecule has 4 rings (SSSR count). The Morgan fingerprint density at radius 1 is 1.21 bits per heavy atom. The second-order valence-electron chi connectivity index (χ2n) is 5.83. The second-order valence-corrected chi connectivity index (χ2v) is 6.76. The number of nitrogens with one attached hydrogen (secondary N) is 1. The Kier molecular flexibility index (Phi) is 5.02. The predicted octanol–water partition coefficient (Wildman–Crippen LogP) is 2.21. The zero-order chi connectivity index (χ0) is 19.5. The first kappa shape index (κ1) is 18.1. The van der Waals surface area contributed by atoms with E-state index in [1.807, 2.05) is 0 Å². The number of ether oxygens (including phenoxy) is 2. The van der Waals surface area contributed by atoms with Gasteiger partial charge in [0.25, 0.3) is 17.0 Å². The lowest BCUT2D eigenvalue weighted by Gasteiger charge is -2.25. The molecule has 0 aliphatic carbocycles. The van der Waals surface area contributed by atoms with Crippen molar-refractivity contribution in [3.8, 4) is 23.0 Å². The van der Waals surface area contributed by atoms with Crippen molar-refractivity contribution in [1.82, 2.24) is 15.5 Å². The first-order valence-electron chi connectivity index (χ1n) is 8.33. The fourth-order valence-electron chi connectivity index (χ4n) is 2.51. The first-order chi connectivity index (χ1) is 13.6. The van der Waals surface area contributed by atoms with Crippen LogP contribution >= 0.6 is 11.8 Å². The summed E-state index contributed by atoms with van der Waals surface area (Å²) < 4.78 is 21.7. The fourth-order valence-corrected chi connectivity index (χ4v) is 3.08. The summed E-state index contributed by atoms with van der Waals surface area (Å²) >= 11 is 1.02. The molecule has 0 bridgehead atoms. The average molecular weight is 401 g/mol. The zero-order valence-electron chi connectivity index (χ0n) is 14.7. The Hall–Kier alpha value is -3.27. The summed E-state index contributed by atoms with van der Waals surface area (Å²) in [5.74, 6) is 0.840. The van der Waals surface area contributed by atoms with Gasteiger partial charge in [0.2, 0.25) is 12.0 Å². The van der Waals surface area contributed by atoms with Crippen LogP contribution in [-0.2, 0) is 9.59 Å². The molecule has 1 aromatic carbocycles. The number of carbonyl (C=O) groups excluding carboxylic acids is 2. The molecule has 1 aliphatic rings. The molecule has 0 spiro atoms. The maximum absolute atomic E-state index is 12.2. The zero-order valence-corrected chi connectivity index (χ0v) is 15.5. The van der Waals surface area contributed by atoms with Gasteiger partial charge < -0.3 is 18.3 Å². The van der Waals surface area contributed by atoms with Crippen molar-refractivity contribution < 1.29 is 27.9 Å². The molecule has 0 fully saturated rings. The molecule has 9 nitrogen and oxygen atoms in total. The van der Waals surface area contributed by atoms with E-state index in [0.29, 0.717) is 28.7 Å². The normalized spacial score (nSPS) is 15.2. The van der Waals surface area contributed by atoms with Gasteiger partial charge in [-0.3, -0.25) is 14.9 Å². The number of rotatable bonds is 5. The summed E-state index contributed by atoms with van der Waals surface area (Å²) in [4.78, 5) is 24.3. The molecule has 1 N–H and O–H groups in total. The maximum atomic E-state index is 12.2. The van der Waals surface area contributed by atoms with E-state index in [0.717, 1.165) is 11.8 Å². The van der Waals surface area contributed by atoms with Crippen LogP contribution in [-0.4, -0.2) is 40.5 Å².